The molecule has 0 unspecified atom stereocenters. The number of pyridine rings is 1. The summed E-state index contributed by atoms with van der Waals surface area (Å²) < 4.78 is 0. The molecule has 192 valence electrons. The van der Waals surface area contributed by atoms with Crippen molar-refractivity contribution >= 4 is 40.9 Å². The predicted molar refractivity (Wildman–Crippen MR) is 145 cm³/mol. The van der Waals surface area contributed by atoms with E-state index < -0.39 is 0 Å². The van der Waals surface area contributed by atoms with E-state index in [0.29, 0.717) is 62.2 Å². The van der Waals surface area contributed by atoms with Crippen LogP contribution in [0.5, 0.6) is 0 Å². The number of piperazine rings is 1. The van der Waals surface area contributed by atoms with Crippen LogP contribution in [0.3, 0.4) is 0 Å². The summed E-state index contributed by atoms with van der Waals surface area (Å²) in [6.07, 6.45) is 8.66. The number of piperidine rings is 1. The molecule has 0 saturated carbocycles. The largest absolute Gasteiger partial charge is 0.339 e. The molecular weight excluding hydrogens is 506 g/mol. The number of aromatic nitrogens is 4. The van der Waals surface area contributed by atoms with Crippen LogP contribution in [0.4, 0.5) is 5.95 Å². The second kappa shape index (κ2) is 11.8. The second-order valence-corrected chi connectivity index (χ2v) is 10.8. The first-order valence-electron chi connectivity index (χ1n) is 12.4. The van der Waals surface area contributed by atoms with Crippen molar-refractivity contribution in [2.24, 2.45) is 0 Å². The van der Waals surface area contributed by atoms with Crippen molar-refractivity contribution in [3.63, 3.8) is 0 Å². The van der Waals surface area contributed by atoms with E-state index in [-0.39, 0.29) is 17.7 Å². The van der Waals surface area contributed by atoms with Crippen LogP contribution in [0.25, 0.3) is 0 Å². The third-order valence-electron chi connectivity index (χ3n) is 6.61. The average Bonchev–Trinajstić information content (AvgIpc) is 3.47. The highest BCUT2D eigenvalue weighted by molar-refractivity contribution is 7.99. The Balaban J connectivity index is 1.15. The van der Waals surface area contributed by atoms with E-state index >= 15 is 0 Å². The fourth-order valence-electron chi connectivity index (χ4n) is 4.61. The number of thioether (sulfide) groups is 1. The van der Waals surface area contributed by atoms with Crippen molar-refractivity contribution in [1.29, 1.82) is 0 Å². The molecule has 0 radical (unpaired) electrons. The topological polar surface area (TPSA) is 95.4 Å². The Hall–Kier alpha value is -3.31. The summed E-state index contributed by atoms with van der Waals surface area (Å²) in [7, 11) is 0. The van der Waals surface area contributed by atoms with Gasteiger partial charge >= 0.3 is 0 Å². The minimum absolute atomic E-state index is 0.0214. The smallest absolute Gasteiger partial charge is 0.273 e. The lowest BCUT2D eigenvalue weighted by Crippen LogP contribution is -2.49. The molecule has 5 heterocycles. The minimum atomic E-state index is -0.0233. The summed E-state index contributed by atoms with van der Waals surface area (Å²) in [5, 5.41) is 3.60. The van der Waals surface area contributed by atoms with Crippen LogP contribution in [0.1, 0.15) is 44.6 Å². The lowest BCUT2D eigenvalue weighted by molar-refractivity contribution is 0.0708. The molecule has 3 aromatic rings. The summed E-state index contributed by atoms with van der Waals surface area (Å²) in [4.78, 5) is 49.9. The molecular formula is C26H29N7O2S2. The number of carbonyl (C=O) groups excluding carboxylic acids is 2. The lowest BCUT2D eigenvalue weighted by atomic mass is 9.97. The van der Waals surface area contributed by atoms with E-state index in [1.54, 1.807) is 42.1 Å². The Morgan fingerprint density at radius 1 is 0.973 bits per heavy atom. The SMILES string of the molecule is C=CCSc1ncccc1C(=O)N1CCC(c2nc(C(=O)N3CCN(c4ncccn4)CC3)cs2)CC1. The third-order valence-corrected chi connectivity index (χ3v) is 8.62. The molecule has 2 fully saturated rings. The van der Waals surface area contributed by atoms with Crippen LogP contribution in [0, 0.1) is 0 Å². The standard InChI is InChI=1S/C26H29N7O2S2/c1-2-17-36-23-20(5-3-8-27-23)24(34)31-11-6-19(7-12-31)22-30-21(18-37-22)25(35)32-13-15-33(16-14-32)26-28-9-4-10-29-26/h2-5,8-10,18-19H,1,6-7,11-17H2. The van der Waals surface area contributed by atoms with Gasteiger partial charge < -0.3 is 14.7 Å². The Labute approximate surface area is 224 Å². The van der Waals surface area contributed by atoms with Crippen LogP contribution >= 0.6 is 23.1 Å². The quantitative estimate of drug-likeness (QED) is 0.335. The molecule has 37 heavy (non-hydrogen) atoms. The number of rotatable bonds is 7. The van der Waals surface area contributed by atoms with Gasteiger partial charge in [-0.05, 0) is 31.0 Å². The van der Waals surface area contributed by atoms with Crippen LogP contribution in [-0.4, -0.2) is 86.6 Å². The number of carbonyl (C=O) groups is 2. The highest BCUT2D eigenvalue weighted by Crippen LogP contribution is 2.32. The molecule has 5 rings (SSSR count). The molecule has 0 N–H and O–H groups in total. The van der Waals surface area contributed by atoms with E-state index in [4.69, 9.17) is 4.98 Å². The number of nitrogens with zero attached hydrogens (tertiary/aromatic N) is 7. The summed E-state index contributed by atoms with van der Waals surface area (Å²) in [6, 6.07) is 5.45. The predicted octanol–water partition coefficient (Wildman–Crippen LogP) is 3.59. The van der Waals surface area contributed by atoms with Gasteiger partial charge in [0.1, 0.15) is 10.7 Å². The van der Waals surface area contributed by atoms with Gasteiger partial charge in [-0.2, -0.15) is 0 Å². The highest BCUT2D eigenvalue weighted by Gasteiger charge is 2.29. The maximum absolute atomic E-state index is 13.2. The first-order valence-corrected chi connectivity index (χ1v) is 14.2. The van der Waals surface area contributed by atoms with Gasteiger partial charge in [-0.15, -0.1) is 29.7 Å². The normalized spacial score (nSPS) is 16.6. The zero-order valence-electron chi connectivity index (χ0n) is 20.5. The molecule has 11 heteroatoms. The Morgan fingerprint density at radius 3 is 2.41 bits per heavy atom. The van der Waals surface area contributed by atoms with Crippen molar-refractivity contribution in [2.45, 2.75) is 23.8 Å². The number of thiazole rings is 1. The molecule has 2 aliphatic rings. The number of likely N-dealkylation sites (tertiary alicyclic amines) is 1. The summed E-state index contributed by atoms with van der Waals surface area (Å²) in [6.45, 7) is 7.71. The van der Waals surface area contributed by atoms with Gasteiger partial charge in [-0.3, -0.25) is 9.59 Å². The molecule has 0 aliphatic carbocycles. The molecule has 2 amide bonds. The van der Waals surface area contributed by atoms with E-state index in [1.807, 2.05) is 27.3 Å². The van der Waals surface area contributed by atoms with Gasteiger partial charge in [-0.1, -0.05) is 6.08 Å². The molecule has 0 spiro atoms. The molecule has 0 aromatic carbocycles. The van der Waals surface area contributed by atoms with Gasteiger partial charge in [0.2, 0.25) is 5.95 Å². The Bertz CT molecular complexity index is 1240. The van der Waals surface area contributed by atoms with Crippen molar-refractivity contribution < 1.29 is 9.59 Å². The van der Waals surface area contributed by atoms with E-state index in [2.05, 4.69) is 26.4 Å². The monoisotopic (exact) mass is 535 g/mol. The number of hydrogen-bond acceptors (Lipinski definition) is 9. The van der Waals surface area contributed by atoms with E-state index in [0.717, 1.165) is 22.9 Å². The van der Waals surface area contributed by atoms with Crippen LogP contribution in [0.15, 0.2) is 59.9 Å². The second-order valence-electron chi connectivity index (χ2n) is 8.92. The number of anilines is 1. The molecule has 2 saturated heterocycles. The zero-order valence-corrected chi connectivity index (χ0v) is 22.2. The van der Waals surface area contributed by atoms with Gasteiger partial charge in [0.15, 0.2) is 0 Å². The highest BCUT2D eigenvalue weighted by atomic mass is 32.2. The lowest BCUT2D eigenvalue weighted by Gasteiger charge is -2.34. The van der Waals surface area contributed by atoms with Crippen molar-refractivity contribution in [3.05, 3.63) is 71.1 Å². The molecule has 0 bridgehead atoms. The summed E-state index contributed by atoms with van der Waals surface area (Å²) in [5.74, 6) is 1.66. The van der Waals surface area contributed by atoms with Gasteiger partial charge in [0.25, 0.3) is 11.8 Å². The van der Waals surface area contributed by atoms with Gasteiger partial charge in [0, 0.05) is 74.9 Å². The van der Waals surface area contributed by atoms with Crippen molar-refractivity contribution in [1.82, 2.24) is 29.7 Å². The zero-order chi connectivity index (χ0) is 25.6. The molecule has 3 aromatic heterocycles. The summed E-state index contributed by atoms with van der Waals surface area (Å²) in [5.41, 5.74) is 1.16. The number of amides is 2. The van der Waals surface area contributed by atoms with Gasteiger partial charge in [0.05, 0.1) is 10.6 Å². The maximum Gasteiger partial charge on any atom is 0.273 e. The van der Waals surface area contributed by atoms with Crippen LogP contribution in [0.2, 0.25) is 0 Å². The molecule has 0 atom stereocenters. The van der Waals surface area contributed by atoms with Crippen molar-refractivity contribution in [2.75, 3.05) is 49.9 Å². The first kappa shape index (κ1) is 25.3. The average molecular weight is 536 g/mol. The van der Waals surface area contributed by atoms with E-state index in [9.17, 15) is 9.59 Å². The molecule has 2 aliphatic heterocycles. The third kappa shape index (κ3) is 5.83. The van der Waals surface area contributed by atoms with Crippen LogP contribution in [-0.2, 0) is 0 Å². The Kier molecular flexibility index (Phi) is 8.10. The van der Waals surface area contributed by atoms with Crippen molar-refractivity contribution in [3.8, 4) is 0 Å². The minimum Gasteiger partial charge on any atom is -0.339 e. The fourth-order valence-corrected chi connectivity index (χ4v) is 6.29. The fraction of sp³-hybridized carbons (Fsp3) is 0.385. The van der Waals surface area contributed by atoms with Crippen LogP contribution < -0.4 is 4.90 Å². The first-order chi connectivity index (χ1) is 18.1. The Morgan fingerprint density at radius 2 is 1.68 bits per heavy atom. The summed E-state index contributed by atoms with van der Waals surface area (Å²) >= 11 is 3.07. The molecule has 9 nitrogen and oxygen atoms in total. The maximum atomic E-state index is 13.2. The van der Waals surface area contributed by atoms with E-state index in [1.165, 1.54) is 11.8 Å². The number of hydrogen-bond donors (Lipinski definition) is 0. The van der Waals surface area contributed by atoms with Gasteiger partial charge in [-0.25, -0.2) is 19.9 Å².